The molecule has 1 aliphatic heterocycles. The largest absolute Gasteiger partial charge is 0.366 e. The first-order valence-electron chi connectivity index (χ1n) is 8.85. The van der Waals surface area contributed by atoms with E-state index in [0.717, 1.165) is 32.1 Å². The summed E-state index contributed by atoms with van der Waals surface area (Å²) in [7, 11) is 0. The topological polar surface area (TPSA) is 77.5 Å². The van der Waals surface area contributed by atoms with Crippen molar-refractivity contribution in [2.45, 2.75) is 25.9 Å². The lowest BCUT2D eigenvalue weighted by Gasteiger charge is -2.17. The summed E-state index contributed by atoms with van der Waals surface area (Å²) in [5.41, 5.74) is 4.26. The molecule has 2 aromatic rings. The van der Waals surface area contributed by atoms with Gasteiger partial charge in [-0.1, -0.05) is 29.8 Å². The van der Waals surface area contributed by atoms with E-state index in [9.17, 15) is 9.18 Å². The highest BCUT2D eigenvalue weighted by Crippen LogP contribution is 2.18. The molecular weight excluding hydrogens is 347 g/mol. The monoisotopic (exact) mass is 370 g/mol. The molecule has 0 saturated carbocycles. The van der Waals surface area contributed by atoms with E-state index in [1.54, 1.807) is 12.1 Å². The van der Waals surface area contributed by atoms with Gasteiger partial charge in [0.25, 0.3) is 0 Å². The highest BCUT2D eigenvalue weighted by Gasteiger charge is 2.22. The van der Waals surface area contributed by atoms with Crippen molar-refractivity contribution in [1.29, 1.82) is 0 Å². The predicted molar refractivity (Wildman–Crippen MR) is 102 cm³/mol. The maximum absolute atomic E-state index is 13.4. The first kappa shape index (κ1) is 19.0. The third kappa shape index (κ3) is 5.35. The molecule has 2 heterocycles. The third-order valence-corrected chi connectivity index (χ3v) is 4.55. The van der Waals surface area contributed by atoms with Crippen LogP contribution in [0.25, 0.3) is 6.08 Å². The second-order valence-corrected chi connectivity index (χ2v) is 6.76. The first-order valence-corrected chi connectivity index (χ1v) is 8.85. The molecule has 1 aromatic heterocycles. The van der Waals surface area contributed by atoms with Crippen molar-refractivity contribution in [2.24, 2.45) is 0 Å². The molecule has 6 nitrogen and oxygen atoms in total. The Hall–Kier alpha value is -2.77. The van der Waals surface area contributed by atoms with Gasteiger partial charge in [0.1, 0.15) is 5.82 Å². The summed E-state index contributed by atoms with van der Waals surface area (Å²) in [6.07, 6.45) is 3.52. The molecule has 7 heteroatoms. The smallest absolute Gasteiger partial charge is 0.303 e. The molecule has 1 aliphatic rings. The van der Waals surface area contributed by atoms with Gasteiger partial charge >= 0.3 is 5.91 Å². The van der Waals surface area contributed by atoms with Gasteiger partial charge in [-0.3, -0.25) is 14.9 Å². The number of rotatable bonds is 6. The number of likely N-dealkylation sites (tertiary alicyclic amines) is 1. The van der Waals surface area contributed by atoms with Crippen molar-refractivity contribution in [3.8, 4) is 0 Å². The highest BCUT2D eigenvalue weighted by molar-refractivity contribution is 5.94. The van der Waals surface area contributed by atoms with Gasteiger partial charge in [0.2, 0.25) is 0 Å². The van der Waals surface area contributed by atoms with Crippen molar-refractivity contribution in [3.63, 3.8) is 0 Å². The number of carbonyl (C=O) groups excluding carboxylic acids is 1. The molecule has 1 fully saturated rings. The number of nitrogens with one attached hydrogen (secondary N) is 2. The summed E-state index contributed by atoms with van der Waals surface area (Å²) in [5, 5.41) is 11.8. The fourth-order valence-corrected chi connectivity index (χ4v) is 3.10. The van der Waals surface area contributed by atoms with Crippen LogP contribution in [0.15, 0.2) is 48.4 Å². The normalized spacial score (nSPS) is 17.7. The first-order chi connectivity index (χ1) is 13.0. The zero-order valence-electron chi connectivity index (χ0n) is 15.2. The molecule has 0 radical (unpaired) electrons. The van der Waals surface area contributed by atoms with E-state index in [2.05, 4.69) is 46.4 Å². The van der Waals surface area contributed by atoms with E-state index >= 15 is 0 Å². The Bertz CT molecular complexity index is 806. The average molecular weight is 370 g/mol. The van der Waals surface area contributed by atoms with E-state index in [-0.39, 0.29) is 0 Å². The van der Waals surface area contributed by atoms with Gasteiger partial charge < -0.3 is 5.32 Å². The minimum Gasteiger partial charge on any atom is -0.366 e. The van der Waals surface area contributed by atoms with Crippen LogP contribution in [-0.4, -0.2) is 40.1 Å². The van der Waals surface area contributed by atoms with Crippen molar-refractivity contribution in [2.75, 3.05) is 18.4 Å². The van der Waals surface area contributed by atoms with Crippen LogP contribution in [0.2, 0.25) is 0 Å². The standard InChI is InChI=1S/C20H23FN4O2/c1-14-2-4-15(5-3-14)12-25-9-8-17(13-25)23-19-7-6-16(11-22-19)10-18(21)20(26)24-27/h2-7,10-11,17,27H,8-9,12-13H2,1H3,(H,22,23)(H,24,26)/b18-10+/t17-/m1/s1. The number of amides is 1. The lowest BCUT2D eigenvalue weighted by atomic mass is 10.1. The van der Waals surface area contributed by atoms with Crippen molar-refractivity contribution in [1.82, 2.24) is 15.4 Å². The Kier molecular flexibility index (Phi) is 6.16. The molecule has 0 aliphatic carbocycles. The highest BCUT2D eigenvalue weighted by atomic mass is 19.1. The molecule has 0 spiro atoms. The van der Waals surface area contributed by atoms with Gasteiger partial charge in [0, 0.05) is 31.9 Å². The SMILES string of the molecule is Cc1ccc(CN2CC[C@@H](Nc3ccc(/C=C(/F)C(=O)NO)cn3)C2)cc1. The van der Waals surface area contributed by atoms with E-state index in [4.69, 9.17) is 5.21 Å². The number of halogens is 1. The van der Waals surface area contributed by atoms with Crippen molar-refractivity contribution in [3.05, 3.63) is 65.1 Å². The fraction of sp³-hybridized carbons (Fsp3) is 0.300. The minimum absolute atomic E-state index is 0.307. The molecule has 1 saturated heterocycles. The quantitative estimate of drug-likeness (QED) is 0.414. The van der Waals surface area contributed by atoms with Gasteiger partial charge in [-0.15, -0.1) is 0 Å². The van der Waals surface area contributed by atoms with Crippen LogP contribution in [0.1, 0.15) is 23.1 Å². The average Bonchev–Trinajstić information content (AvgIpc) is 3.11. The van der Waals surface area contributed by atoms with Gasteiger partial charge in [-0.25, -0.2) is 14.9 Å². The fourth-order valence-electron chi connectivity index (χ4n) is 3.10. The lowest BCUT2D eigenvalue weighted by molar-refractivity contribution is -0.126. The molecule has 1 aromatic carbocycles. The Morgan fingerprint density at radius 3 is 2.78 bits per heavy atom. The number of hydroxylamine groups is 1. The second kappa shape index (κ2) is 8.75. The molecule has 0 bridgehead atoms. The van der Waals surface area contributed by atoms with Crippen molar-refractivity contribution < 1.29 is 14.4 Å². The summed E-state index contributed by atoms with van der Waals surface area (Å²) in [4.78, 5) is 17.6. The van der Waals surface area contributed by atoms with Crippen LogP contribution in [0.5, 0.6) is 0 Å². The molecular formula is C20H23FN4O2. The van der Waals surface area contributed by atoms with E-state index in [1.165, 1.54) is 22.8 Å². The van der Waals surface area contributed by atoms with E-state index in [0.29, 0.717) is 17.4 Å². The predicted octanol–water partition coefficient (Wildman–Crippen LogP) is 2.89. The number of hydrogen-bond donors (Lipinski definition) is 3. The number of nitrogens with zero attached hydrogens (tertiary/aromatic N) is 2. The van der Waals surface area contributed by atoms with Crippen LogP contribution >= 0.6 is 0 Å². The molecule has 27 heavy (non-hydrogen) atoms. The summed E-state index contributed by atoms with van der Waals surface area (Å²) in [6, 6.07) is 12.3. The zero-order chi connectivity index (χ0) is 19.2. The van der Waals surface area contributed by atoms with Gasteiger partial charge in [-0.05, 0) is 42.7 Å². The molecule has 0 unspecified atom stereocenters. The van der Waals surface area contributed by atoms with Crippen LogP contribution in [-0.2, 0) is 11.3 Å². The Morgan fingerprint density at radius 2 is 2.11 bits per heavy atom. The van der Waals surface area contributed by atoms with Gasteiger partial charge in [0.15, 0.2) is 5.83 Å². The number of hydrogen-bond acceptors (Lipinski definition) is 5. The van der Waals surface area contributed by atoms with E-state index < -0.39 is 11.7 Å². The van der Waals surface area contributed by atoms with Crippen molar-refractivity contribution >= 4 is 17.8 Å². The number of benzene rings is 1. The number of aromatic nitrogens is 1. The van der Waals surface area contributed by atoms with Gasteiger partial charge in [0.05, 0.1) is 0 Å². The Labute approximate surface area is 157 Å². The summed E-state index contributed by atoms with van der Waals surface area (Å²) >= 11 is 0. The number of aryl methyl sites for hydroxylation is 1. The summed E-state index contributed by atoms with van der Waals surface area (Å²) in [6.45, 7) is 4.97. The maximum Gasteiger partial charge on any atom is 0.303 e. The molecule has 3 rings (SSSR count). The molecule has 1 atom stereocenters. The summed E-state index contributed by atoms with van der Waals surface area (Å²) < 4.78 is 13.4. The number of anilines is 1. The molecule has 142 valence electrons. The van der Waals surface area contributed by atoms with E-state index in [1.807, 2.05) is 0 Å². The Balaban J connectivity index is 1.52. The molecule has 3 N–H and O–H groups in total. The summed E-state index contributed by atoms with van der Waals surface area (Å²) in [5.74, 6) is -1.55. The second-order valence-electron chi connectivity index (χ2n) is 6.76. The van der Waals surface area contributed by atoms with Crippen LogP contribution < -0.4 is 10.8 Å². The maximum atomic E-state index is 13.4. The van der Waals surface area contributed by atoms with Gasteiger partial charge in [-0.2, -0.15) is 0 Å². The van der Waals surface area contributed by atoms with Crippen LogP contribution in [0.4, 0.5) is 10.2 Å². The lowest BCUT2D eigenvalue weighted by Crippen LogP contribution is -2.26. The zero-order valence-corrected chi connectivity index (χ0v) is 15.2. The minimum atomic E-state index is -1.18. The third-order valence-electron chi connectivity index (χ3n) is 4.55. The molecule has 1 amide bonds. The number of pyridine rings is 1. The Morgan fingerprint density at radius 1 is 1.33 bits per heavy atom. The van der Waals surface area contributed by atoms with Crippen LogP contribution in [0.3, 0.4) is 0 Å². The number of carbonyl (C=O) groups is 1. The van der Waals surface area contributed by atoms with Crippen LogP contribution in [0, 0.1) is 6.92 Å².